The zero-order valence-electron chi connectivity index (χ0n) is 11.3. The van der Waals surface area contributed by atoms with Crippen LogP contribution in [0.15, 0.2) is 23.2 Å². The van der Waals surface area contributed by atoms with Crippen LogP contribution in [0, 0.1) is 0 Å². The summed E-state index contributed by atoms with van der Waals surface area (Å²) in [6.07, 6.45) is 6.87. The van der Waals surface area contributed by atoms with Crippen molar-refractivity contribution >= 4 is 15.8 Å². The number of anilines is 1. The van der Waals surface area contributed by atoms with E-state index in [9.17, 15) is 8.42 Å². The number of rotatable bonds is 3. The van der Waals surface area contributed by atoms with Crippen LogP contribution in [0.2, 0.25) is 0 Å². The van der Waals surface area contributed by atoms with Gasteiger partial charge in [0.15, 0.2) is 0 Å². The van der Waals surface area contributed by atoms with Crippen LogP contribution in [-0.4, -0.2) is 37.8 Å². The summed E-state index contributed by atoms with van der Waals surface area (Å²) in [5.41, 5.74) is 0. The highest BCUT2D eigenvalue weighted by Crippen LogP contribution is 2.21. The van der Waals surface area contributed by atoms with Crippen LogP contribution in [0.4, 0.5) is 5.82 Å². The quantitative estimate of drug-likeness (QED) is 0.922. The lowest BCUT2D eigenvalue weighted by molar-refractivity contribution is 0.364. The molecule has 1 fully saturated rings. The van der Waals surface area contributed by atoms with Crippen molar-refractivity contribution in [3.8, 4) is 0 Å². The summed E-state index contributed by atoms with van der Waals surface area (Å²) in [5, 5.41) is 2.87. The molecule has 2 rings (SSSR count). The van der Waals surface area contributed by atoms with Gasteiger partial charge in [-0.2, -0.15) is 4.31 Å². The molecule has 6 heteroatoms. The van der Waals surface area contributed by atoms with Gasteiger partial charge in [-0.15, -0.1) is 0 Å². The smallest absolute Gasteiger partial charge is 0.243 e. The topological polar surface area (TPSA) is 62.3 Å². The summed E-state index contributed by atoms with van der Waals surface area (Å²) in [4.78, 5) is 4.38. The van der Waals surface area contributed by atoms with Crippen LogP contribution in [0.5, 0.6) is 0 Å². The molecule has 1 saturated heterocycles. The summed E-state index contributed by atoms with van der Waals surface area (Å²) in [6.45, 7) is 1.25. The Labute approximate surface area is 115 Å². The molecule has 106 valence electrons. The van der Waals surface area contributed by atoms with E-state index in [2.05, 4.69) is 10.3 Å². The monoisotopic (exact) mass is 283 g/mol. The highest BCUT2D eigenvalue weighted by Gasteiger charge is 2.24. The van der Waals surface area contributed by atoms with Crippen LogP contribution in [0.1, 0.15) is 32.1 Å². The summed E-state index contributed by atoms with van der Waals surface area (Å²) in [5.74, 6) is 0.577. The van der Waals surface area contributed by atoms with Gasteiger partial charge in [-0.1, -0.05) is 19.3 Å². The third-order valence-electron chi connectivity index (χ3n) is 3.44. The van der Waals surface area contributed by atoms with Crippen molar-refractivity contribution in [1.29, 1.82) is 0 Å². The van der Waals surface area contributed by atoms with E-state index in [0.29, 0.717) is 23.8 Å². The van der Waals surface area contributed by atoms with Gasteiger partial charge in [0.2, 0.25) is 10.0 Å². The highest BCUT2D eigenvalue weighted by molar-refractivity contribution is 7.89. The summed E-state index contributed by atoms with van der Waals surface area (Å²) in [6, 6.07) is 3.16. The van der Waals surface area contributed by atoms with E-state index in [-0.39, 0.29) is 0 Å². The first-order chi connectivity index (χ1) is 9.14. The number of pyridine rings is 1. The van der Waals surface area contributed by atoms with Crippen LogP contribution in [-0.2, 0) is 10.0 Å². The third kappa shape index (κ3) is 3.45. The molecule has 19 heavy (non-hydrogen) atoms. The first-order valence-electron chi connectivity index (χ1n) is 6.78. The summed E-state index contributed by atoms with van der Waals surface area (Å²) >= 11 is 0. The number of sulfonamides is 1. The van der Waals surface area contributed by atoms with Crippen molar-refractivity contribution in [2.24, 2.45) is 0 Å². The first-order valence-corrected chi connectivity index (χ1v) is 8.22. The molecule has 0 bridgehead atoms. The predicted molar refractivity (Wildman–Crippen MR) is 75.6 cm³/mol. The molecule has 0 amide bonds. The number of aromatic nitrogens is 1. The summed E-state index contributed by atoms with van der Waals surface area (Å²) < 4.78 is 26.8. The highest BCUT2D eigenvalue weighted by atomic mass is 32.2. The second kappa shape index (κ2) is 6.34. The Hall–Kier alpha value is -1.14. The van der Waals surface area contributed by atoms with E-state index in [0.717, 1.165) is 25.7 Å². The van der Waals surface area contributed by atoms with E-state index in [1.165, 1.54) is 12.6 Å². The average molecular weight is 283 g/mol. The minimum Gasteiger partial charge on any atom is -0.373 e. The Kier molecular flexibility index (Phi) is 4.76. The molecule has 0 atom stereocenters. The maximum atomic E-state index is 12.6. The molecular weight excluding hydrogens is 262 g/mol. The Bertz CT molecular complexity index is 508. The number of nitrogens with zero attached hydrogens (tertiary/aromatic N) is 2. The fraction of sp³-hybridized carbons (Fsp3) is 0.615. The lowest BCUT2D eigenvalue weighted by Crippen LogP contribution is -2.33. The standard InChI is InChI=1S/C13H21N3O2S/c1-14-13-11-12(7-8-15-13)19(17,18)16-9-5-3-2-4-6-10-16/h7-8,11H,2-6,9-10H2,1H3,(H,14,15). The van der Waals surface area contributed by atoms with Crippen LogP contribution < -0.4 is 5.32 Å². The molecule has 1 aromatic heterocycles. The van der Waals surface area contributed by atoms with E-state index in [4.69, 9.17) is 0 Å². The molecule has 0 aromatic carbocycles. The zero-order chi connectivity index (χ0) is 13.7. The number of nitrogens with one attached hydrogen (secondary N) is 1. The van der Waals surface area contributed by atoms with Crippen molar-refractivity contribution in [3.05, 3.63) is 18.3 Å². The van der Waals surface area contributed by atoms with E-state index in [1.807, 2.05) is 0 Å². The van der Waals surface area contributed by atoms with E-state index in [1.54, 1.807) is 23.5 Å². The molecule has 0 spiro atoms. The van der Waals surface area contributed by atoms with Gasteiger partial charge < -0.3 is 5.32 Å². The van der Waals surface area contributed by atoms with Crippen molar-refractivity contribution in [3.63, 3.8) is 0 Å². The third-order valence-corrected chi connectivity index (χ3v) is 5.33. The van der Waals surface area contributed by atoms with Gasteiger partial charge in [-0.3, -0.25) is 0 Å². The van der Waals surface area contributed by atoms with Crippen molar-refractivity contribution in [1.82, 2.24) is 9.29 Å². The fourth-order valence-corrected chi connectivity index (χ4v) is 3.85. The lowest BCUT2D eigenvalue weighted by atomic mass is 10.1. The summed E-state index contributed by atoms with van der Waals surface area (Å²) in [7, 11) is -1.65. The Morgan fingerprint density at radius 2 is 1.79 bits per heavy atom. The lowest BCUT2D eigenvalue weighted by Gasteiger charge is -2.24. The van der Waals surface area contributed by atoms with Gasteiger partial charge in [-0.05, 0) is 18.9 Å². The molecular formula is C13H21N3O2S. The van der Waals surface area contributed by atoms with Gasteiger partial charge in [0.25, 0.3) is 0 Å². The van der Waals surface area contributed by atoms with Crippen molar-refractivity contribution < 1.29 is 8.42 Å². The molecule has 1 aliphatic heterocycles. The molecule has 5 nitrogen and oxygen atoms in total. The maximum Gasteiger partial charge on any atom is 0.243 e. The predicted octanol–water partition coefficient (Wildman–Crippen LogP) is 2.08. The van der Waals surface area contributed by atoms with E-state index >= 15 is 0 Å². The fourth-order valence-electron chi connectivity index (χ4n) is 2.32. The minimum atomic E-state index is -3.38. The van der Waals surface area contributed by atoms with Crippen molar-refractivity contribution in [2.75, 3.05) is 25.5 Å². The Morgan fingerprint density at radius 1 is 1.16 bits per heavy atom. The van der Waals surface area contributed by atoms with Crippen molar-refractivity contribution in [2.45, 2.75) is 37.0 Å². The second-order valence-corrected chi connectivity index (χ2v) is 6.74. The maximum absolute atomic E-state index is 12.6. The molecule has 0 saturated carbocycles. The van der Waals surface area contributed by atoms with Gasteiger partial charge in [0, 0.05) is 32.4 Å². The SMILES string of the molecule is CNc1cc(S(=O)(=O)N2CCCCCCC2)ccn1. The van der Waals surface area contributed by atoms with Crippen LogP contribution in [0.25, 0.3) is 0 Å². The molecule has 1 aliphatic rings. The second-order valence-electron chi connectivity index (χ2n) is 4.80. The van der Waals surface area contributed by atoms with Gasteiger partial charge >= 0.3 is 0 Å². The van der Waals surface area contributed by atoms with E-state index < -0.39 is 10.0 Å². The average Bonchev–Trinajstić information content (AvgIpc) is 2.38. The number of hydrogen-bond acceptors (Lipinski definition) is 4. The first kappa shape index (κ1) is 14.3. The van der Waals surface area contributed by atoms with Crippen LogP contribution in [0.3, 0.4) is 0 Å². The molecule has 1 aromatic rings. The van der Waals surface area contributed by atoms with Gasteiger partial charge in [0.05, 0.1) is 4.90 Å². The molecule has 1 N–H and O–H groups in total. The minimum absolute atomic E-state index is 0.326. The molecule has 0 radical (unpaired) electrons. The number of hydrogen-bond donors (Lipinski definition) is 1. The zero-order valence-corrected chi connectivity index (χ0v) is 12.1. The van der Waals surface area contributed by atoms with Gasteiger partial charge in [0.1, 0.15) is 5.82 Å². The van der Waals surface area contributed by atoms with Gasteiger partial charge in [-0.25, -0.2) is 13.4 Å². The normalized spacial score (nSPS) is 18.6. The molecule has 0 aliphatic carbocycles. The Morgan fingerprint density at radius 3 is 2.42 bits per heavy atom. The molecule has 2 heterocycles. The largest absolute Gasteiger partial charge is 0.373 e. The molecule has 0 unspecified atom stereocenters. The van der Waals surface area contributed by atoms with Crippen LogP contribution >= 0.6 is 0 Å². The Balaban J connectivity index is 2.23.